The summed E-state index contributed by atoms with van der Waals surface area (Å²) in [5.74, 6) is -8.43. The molecule has 0 aliphatic heterocycles. The Labute approximate surface area is 224 Å². The van der Waals surface area contributed by atoms with Crippen molar-refractivity contribution in [1.29, 1.82) is 0 Å². The second-order valence-corrected chi connectivity index (χ2v) is 11.0. The lowest BCUT2D eigenvalue weighted by molar-refractivity contribution is -0.148. The fraction of sp³-hybridized carbons (Fsp3) is 0.481. The van der Waals surface area contributed by atoms with E-state index in [1.165, 1.54) is 11.0 Å². The molecule has 4 atom stereocenters. The van der Waals surface area contributed by atoms with E-state index in [9.17, 15) is 39.6 Å². The van der Waals surface area contributed by atoms with E-state index in [1.54, 1.807) is 46.9 Å². The number of rotatable bonds is 5. The van der Waals surface area contributed by atoms with Crippen molar-refractivity contribution in [3.05, 3.63) is 45.4 Å². The molecule has 1 aromatic rings. The molecule has 4 rings (SSSR count). The standard InChI is InChI=1S/C27H33N3O9/c1-10(2)39-26(37)13-9-15(29(3)4)12-7-11-8-14-19(30(5)6)22(33)18(25(28)36)24(35)27(14,38)23(34)16(11)21(32)17(12)20(13)31/h9-11,14,19,31,33-34,38H,7-8H2,1-6H3,(H2,28,36)/t11-,14-,19-,27-/m0/s1. The van der Waals surface area contributed by atoms with Crippen LogP contribution in [0.4, 0.5) is 5.69 Å². The van der Waals surface area contributed by atoms with Crippen LogP contribution in [0.2, 0.25) is 0 Å². The molecule has 3 aliphatic rings. The van der Waals surface area contributed by atoms with Crippen molar-refractivity contribution in [1.82, 2.24) is 4.90 Å². The fourth-order valence-corrected chi connectivity index (χ4v) is 6.13. The number of amides is 1. The van der Waals surface area contributed by atoms with E-state index in [-0.39, 0.29) is 29.5 Å². The first-order chi connectivity index (χ1) is 18.0. The lowest BCUT2D eigenvalue weighted by Crippen LogP contribution is -2.63. The van der Waals surface area contributed by atoms with Crippen LogP contribution in [0, 0.1) is 11.8 Å². The number of esters is 1. The van der Waals surface area contributed by atoms with Gasteiger partial charge in [-0.25, -0.2) is 4.79 Å². The van der Waals surface area contributed by atoms with E-state index < -0.39 is 75.9 Å². The van der Waals surface area contributed by atoms with Crippen molar-refractivity contribution in [2.45, 2.75) is 44.4 Å². The maximum absolute atomic E-state index is 13.9. The van der Waals surface area contributed by atoms with E-state index in [1.807, 2.05) is 0 Å². The summed E-state index contributed by atoms with van der Waals surface area (Å²) in [6.45, 7) is 3.26. The maximum atomic E-state index is 13.9. The number of carbonyl (C=O) groups excluding carboxylic acids is 4. The Hall–Kier alpha value is -3.90. The molecule has 0 radical (unpaired) electrons. The average molecular weight is 544 g/mol. The number of aromatic hydroxyl groups is 1. The Kier molecular flexibility index (Phi) is 6.76. The zero-order chi connectivity index (χ0) is 29.3. The number of ether oxygens (including phenoxy) is 1. The van der Waals surface area contributed by atoms with Gasteiger partial charge in [0.05, 0.1) is 17.7 Å². The Bertz CT molecular complexity index is 1370. The number of anilines is 1. The van der Waals surface area contributed by atoms with Crippen LogP contribution in [0.1, 0.15) is 46.5 Å². The van der Waals surface area contributed by atoms with Gasteiger partial charge >= 0.3 is 5.97 Å². The Balaban J connectivity index is 1.98. The fourth-order valence-electron chi connectivity index (χ4n) is 6.13. The highest BCUT2D eigenvalue weighted by Crippen LogP contribution is 2.53. The first-order valence-corrected chi connectivity index (χ1v) is 12.5. The lowest BCUT2D eigenvalue weighted by Gasteiger charge is -2.50. The third-order valence-electron chi connectivity index (χ3n) is 7.74. The number of hydrogen-bond donors (Lipinski definition) is 5. The summed E-state index contributed by atoms with van der Waals surface area (Å²) in [7, 11) is 6.53. The molecule has 1 aromatic carbocycles. The third kappa shape index (κ3) is 3.97. The molecule has 210 valence electrons. The molecule has 0 saturated carbocycles. The summed E-state index contributed by atoms with van der Waals surface area (Å²) in [5.41, 5.74) is 1.81. The van der Waals surface area contributed by atoms with Crippen LogP contribution in [0.15, 0.2) is 28.7 Å². The molecule has 0 spiro atoms. The van der Waals surface area contributed by atoms with Gasteiger partial charge in [0.25, 0.3) is 5.91 Å². The smallest absolute Gasteiger partial charge is 0.342 e. The third-order valence-corrected chi connectivity index (χ3v) is 7.74. The van der Waals surface area contributed by atoms with Gasteiger partial charge in [-0.05, 0) is 58.3 Å². The summed E-state index contributed by atoms with van der Waals surface area (Å²) in [6, 6.07) is 0.352. The normalized spacial score (nSPS) is 26.4. The highest BCUT2D eigenvalue weighted by molar-refractivity contribution is 6.25. The number of allylic oxidation sites excluding steroid dienone is 1. The van der Waals surface area contributed by atoms with Crippen LogP contribution < -0.4 is 10.6 Å². The highest BCUT2D eigenvalue weighted by atomic mass is 16.5. The molecular formula is C27H33N3O9. The van der Waals surface area contributed by atoms with Crippen LogP contribution in [-0.2, 0) is 20.7 Å². The van der Waals surface area contributed by atoms with E-state index in [0.29, 0.717) is 11.3 Å². The molecule has 0 bridgehead atoms. The molecule has 1 amide bonds. The number of benzene rings is 1. The number of fused-ring (bicyclic) bond motifs is 3. The van der Waals surface area contributed by atoms with Crippen molar-refractivity contribution in [2.24, 2.45) is 17.6 Å². The van der Waals surface area contributed by atoms with E-state index in [0.717, 1.165) is 0 Å². The van der Waals surface area contributed by atoms with Gasteiger partial charge in [0.2, 0.25) is 5.78 Å². The van der Waals surface area contributed by atoms with Crippen molar-refractivity contribution in [3.63, 3.8) is 0 Å². The number of ketones is 2. The summed E-state index contributed by atoms with van der Waals surface area (Å²) in [6.07, 6.45) is -0.427. The summed E-state index contributed by atoms with van der Waals surface area (Å²) >= 11 is 0. The maximum Gasteiger partial charge on any atom is 0.342 e. The number of phenolic OH excluding ortho intramolecular Hbond substituents is 1. The Morgan fingerprint density at radius 2 is 1.74 bits per heavy atom. The first-order valence-electron chi connectivity index (χ1n) is 12.5. The van der Waals surface area contributed by atoms with Crippen molar-refractivity contribution in [2.75, 3.05) is 33.1 Å². The highest BCUT2D eigenvalue weighted by Gasteiger charge is 2.63. The number of Topliss-reactive ketones (excluding diaryl/α,β-unsaturated/α-hetero) is 2. The van der Waals surface area contributed by atoms with Gasteiger partial charge in [-0.2, -0.15) is 0 Å². The molecule has 0 heterocycles. The number of likely N-dealkylation sites (N-methyl/N-ethyl adjacent to an activating group) is 1. The van der Waals surface area contributed by atoms with Gasteiger partial charge in [-0.15, -0.1) is 0 Å². The Morgan fingerprint density at radius 3 is 2.26 bits per heavy atom. The van der Waals surface area contributed by atoms with Crippen LogP contribution in [-0.4, -0.2) is 94.7 Å². The number of primary amides is 1. The van der Waals surface area contributed by atoms with Crippen LogP contribution in [0.5, 0.6) is 5.75 Å². The van der Waals surface area contributed by atoms with E-state index in [4.69, 9.17) is 10.5 Å². The number of phenols is 1. The minimum Gasteiger partial charge on any atom is -0.510 e. The number of carbonyl (C=O) groups is 4. The minimum atomic E-state index is -2.74. The van der Waals surface area contributed by atoms with Crippen LogP contribution >= 0.6 is 0 Å². The number of aliphatic hydroxyl groups is 3. The molecule has 0 unspecified atom stereocenters. The molecule has 6 N–H and O–H groups in total. The number of hydrogen-bond acceptors (Lipinski definition) is 11. The van der Waals surface area contributed by atoms with Gasteiger partial charge in [0.1, 0.15) is 28.4 Å². The lowest BCUT2D eigenvalue weighted by atomic mass is 9.58. The van der Waals surface area contributed by atoms with Gasteiger partial charge in [-0.3, -0.25) is 19.3 Å². The van der Waals surface area contributed by atoms with Crippen molar-refractivity contribution < 1.29 is 44.3 Å². The molecule has 0 aromatic heterocycles. The molecule has 3 aliphatic carbocycles. The summed E-state index contributed by atoms with van der Waals surface area (Å²) in [5, 5.41) is 45.1. The van der Waals surface area contributed by atoms with Crippen LogP contribution in [0.3, 0.4) is 0 Å². The predicted octanol–water partition coefficient (Wildman–Crippen LogP) is 0.752. The van der Waals surface area contributed by atoms with Crippen molar-refractivity contribution in [3.8, 4) is 5.75 Å². The van der Waals surface area contributed by atoms with Gasteiger partial charge in [0.15, 0.2) is 11.4 Å². The number of aliphatic hydroxyl groups excluding tert-OH is 2. The monoisotopic (exact) mass is 543 g/mol. The van der Waals surface area contributed by atoms with E-state index in [2.05, 4.69) is 0 Å². The van der Waals surface area contributed by atoms with Gasteiger partial charge < -0.3 is 35.8 Å². The summed E-state index contributed by atoms with van der Waals surface area (Å²) in [4.78, 5) is 55.4. The second-order valence-electron chi connectivity index (χ2n) is 11.0. The average Bonchev–Trinajstić information content (AvgIpc) is 2.80. The topological polar surface area (TPSA) is 191 Å². The number of nitrogens with two attached hydrogens (primary N) is 1. The minimum absolute atomic E-state index is 0.0312. The zero-order valence-electron chi connectivity index (χ0n) is 22.6. The number of nitrogens with zero attached hydrogens (tertiary/aromatic N) is 2. The second kappa shape index (κ2) is 9.38. The van der Waals surface area contributed by atoms with Crippen LogP contribution in [0.25, 0.3) is 0 Å². The Morgan fingerprint density at radius 1 is 1.13 bits per heavy atom. The molecule has 39 heavy (non-hydrogen) atoms. The van der Waals surface area contributed by atoms with Crippen molar-refractivity contribution >= 4 is 29.1 Å². The van der Waals surface area contributed by atoms with E-state index >= 15 is 0 Å². The predicted molar refractivity (Wildman–Crippen MR) is 139 cm³/mol. The SMILES string of the molecule is CC(C)OC(=O)c1cc(N(C)C)c2c(c1O)C(=O)C1=C(O)[C@]3(O)C(=O)C(C(N)=O)=C(O)[C@@H](N(C)C)[C@@H]3C[C@@H]1C2. The molecular weight excluding hydrogens is 510 g/mol. The molecule has 12 nitrogen and oxygen atoms in total. The summed E-state index contributed by atoms with van der Waals surface area (Å²) < 4.78 is 5.23. The van der Waals surface area contributed by atoms with Gasteiger partial charge in [-0.1, -0.05) is 0 Å². The quantitative estimate of drug-likeness (QED) is 0.260. The van der Waals surface area contributed by atoms with Gasteiger partial charge in [0, 0.05) is 31.3 Å². The molecule has 12 heteroatoms. The zero-order valence-corrected chi connectivity index (χ0v) is 22.6. The first kappa shape index (κ1) is 28.1. The molecule has 0 saturated heterocycles. The molecule has 0 fully saturated rings. The largest absolute Gasteiger partial charge is 0.510 e.